The molecule has 0 saturated heterocycles. The van der Waals surface area contributed by atoms with Gasteiger partial charge in [-0.15, -0.1) is 5.10 Å². The van der Waals surface area contributed by atoms with Crippen LogP contribution in [0.5, 0.6) is 0 Å². The summed E-state index contributed by atoms with van der Waals surface area (Å²) in [4.78, 5) is 15.9. The van der Waals surface area contributed by atoms with Crippen LogP contribution in [-0.4, -0.2) is 20.7 Å². The largest absolute Gasteiger partial charge is 0.361 e. The molecular formula is C24H18N4OS3. The van der Waals surface area contributed by atoms with E-state index in [1.165, 1.54) is 16.9 Å². The van der Waals surface area contributed by atoms with Gasteiger partial charge in [-0.3, -0.25) is 4.79 Å². The maximum atomic E-state index is 12.8. The monoisotopic (exact) mass is 474 g/mol. The first-order chi connectivity index (χ1) is 15.7. The fourth-order valence-corrected chi connectivity index (χ4v) is 5.66. The van der Waals surface area contributed by atoms with Crippen molar-refractivity contribution in [3.63, 3.8) is 0 Å². The molecule has 32 heavy (non-hydrogen) atoms. The van der Waals surface area contributed by atoms with Gasteiger partial charge in [0.15, 0.2) is 8.29 Å². The Balaban J connectivity index is 1.30. The van der Waals surface area contributed by atoms with Gasteiger partial charge in [0.2, 0.25) is 0 Å². The number of H-pyrrole nitrogens is 1. The van der Waals surface area contributed by atoms with E-state index in [0.717, 1.165) is 32.4 Å². The summed E-state index contributed by atoms with van der Waals surface area (Å²) in [5.41, 5.74) is 4.41. The van der Waals surface area contributed by atoms with Crippen LogP contribution in [0.15, 0.2) is 89.4 Å². The second-order valence-electron chi connectivity index (χ2n) is 7.07. The Labute approximate surface area is 198 Å². The Morgan fingerprint density at radius 2 is 1.84 bits per heavy atom. The lowest BCUT2D eigenvalue weighted by molar-refractivity contribution is 0.102. The number of aromatic amines is 1. The molecule has 0 fully saturated rings. The SMILES string of the molecule is O=C(Nc1cccc2[nH]ccc12)c1ccc(-n2nc(SCc3ccccc3)sc2=S)cc1. The van der Waals surface area contributed by atoms with E-state index in [1.54, 1.807) is 28.6 Å². The fraction of sp³-hybridized carbons (Fsp3) is 0.0417. The van der Waals surface area contributed by atoms with Gasteiger partial charge < -0.3 is 10.3 Å². The topological polar surface area (TPSA) is 62.7 Å². The van der Waals surface area contributed by atoms with Crippen LogP contribution in [0.3, 0.4) is 0 Å². The van der Waals surface area contributed by atoms with E-state index in [0.29, 0.717) is 9.52 Å². The summed E-state index contributed by atoms with van der Waals surface area (Å²) in [7, 11) is 0. The number of amides is 1. The van der Waals surface area contributed by atoms with E-state index in [-0.39, 0.29) is 5.91 Å². The Kier molecular flexibility index (Phi) is 5.89. The van der Waals surface area contributed by atoms with Gasteiger partial charge in [-0.1, -0.05) is 59.5 Å². The van der Waals surface area contributed by atoms with Crippen molar-refractivity contribution in [2.75, 3.05) is 5.32 Å². The molecule has 0 aliphatic rings. The summed E-state index contributed by atoms with van der Waals surface area (Å²) in [6, 6.07) is 25.3. The van der Waals surface area contributed by atoms with Crippen LogP contribution in [0.2, 0.25) is 0 Å². The van der Waals surface area contributed by atoms with Crippen molar-refractivity contribution in [2.45, 2.75) is 10.1 Å². The Morgan fingerprint density at radius 3 is 2.66 bits per heavy atom. The van der Waals surface area contributed by atoms with Gasteiger partial charge in [0, 0.05) is 28.4 Å². The lowest BCUT2D eigenvalue weighted by atomic mass is 10.1. The van der Waals surface area contributed by atoms with E-state index in [4.69, 9.17) is 12.2 Å². The predicted octanol–water partition coefficient (Wildman–Crippen LogP) is 6.69. The molecule has 2 N–H and O–H groups in total. The number of carbonyl (C=O) groups is 1. The van der Waals surface area contributed by atoms with Gasteiger partial charge in [0.1, 0.15) is 0 Å². The standard InChI is InChI=1S/C24H18N4OS3/c29-22(26-21-8-4-7-20-19(21)13-14-25-20)17-9-11-18(12-10-17)28-24(30)32-23(27-28)31-15-16-5-2-1-3-6-16/h1-14,25H,15H2,(H,26,29). The van der Waals surface area contributed by atoms with E-state index in [2.05, 4.69) is 27.5 Å². The quantitative estimate of drug-likeness (QED) is 0.213. The lowest BCUT2D eigenvalue weighted by Crippen LogP contribution is -2.12. The average Bonchev–Trinajstić information content (AvgIpc) is 3.45. The van der Waals surface area contributed by atoms with Crippen molar-refractivity contribution < 1.29 is 4.79 Å². The first kappa shape index (κ1) is 20.7. The van der Waals surface area contributed by atoms with Crippen LogP contribution in [-0.2, 0) is 5.75 Å². The van der Waals surface area contributed by atoms with Crippen LogP contribution in [0.4, 0.5) is 5.69 Å². The van der Waals surface area contributed by atoms with E-state index >= 15 is 0 Å². The number of nitrogens with zero attached hydrogens (tertiary/aromatic N) is 2. The maximum absolute atomic E-state index is 12.8. The molecule has 0 saturated carbocycles. The van der Waals surface area contributed by atoms with Crippen molar-refractivity contribution in [3.05, 3.63) is 100 Å². The highest BCUT2D eigenvalue weighted by atomic mass is 32.2. The van der Waals surface area contributed by atoms with Crippen LogP contribution in [0.1, 0.15) is 15.9 Å². The Hall–Kier alpha value is -3.20. The van der Waals surface area contributed by atoms with Crippen molar-refractivity contribution in [2.24, 2.45) is 0 Å². The van der Waals surface area contributed by atoms with Crippen molar-refractivity contribution in [1.29, 1.82) is 0 Å². The van der Waals surface area contributed by atoms with Crippen molar-refractivity contribution in [1.82, 2.24) is 14.8 Å². The Morgan fingerprint density at radius 1 is 1.03 bits per heavy atom. The van der Waals surface area contributed by atoms with Gasteiger partial charge >= 0.3 is 0 Å². The van der Waals surface area contributed by atoms with Crippen molar-refractivity contribution in [3.8, 4) is 5.69 Å². The molecule has 0 radical (unpaired) electrons. The molecular weight excluding hydrogens is 456 g/mol. The third kappa shape index (κ3) is 4.38. The predicted molar refractivity (Wildman–Crippen MR) is 135 cm³/mol. The zero-order chi connectivity index (χ0) is 21.9. The maximum Gasteiger partial charge on any atom is 0.255 e. The van der Waals surface area contributed by atoms with Crippen LogP contribution < -0.4 is 5.32 Å². The minimum Gasteiger partial charge on any atom is -0.361 e. The summed E-state index contributed by atoms with van der Waals surface area (Å²) < 4.78 is 3.34. The van der Waals surface area contributed by atoms with Crippen LogP contribution in [0.25, 0.3) is 16.6 Å². The molecule has 5 aromatic rings. The number of hydrogen-bond donors (Lipinski definition) is 2. The summed E-state index contributed by atoms with van der Waals surface area (Å²) in [5.74, 6) is 0.682. The smallest absolute Gasteiger partial charge is 0.255 e. The number of hydrogen-bond acceptors (Lipinski definition) is 5. The number of benzene rings is 3. The van der Waals surface area contributed by atoms with Gasteiger partial charge in [0.05, 0.1) is 11.4 Å². The fourth-order valence-electron chi connectivity index (χ4n) is 3.34. The average molecular weight is 475 g/mol. The first-order valence-electron chi connectivity index (χ1n) is 9.92. The second-order valence-corrected chi connectivity index (χ2v) is 9.91. The van der Waals surface area contributed by atoms with Gasteiger partial charge in [-0.2, -0.15) is 0 Å². The summed E-state index contributed by atoms with van der Waals surface area (Å²) in [6.45, 7) is 0. The number of nitrogens with one attached hydrogen (secondary N) is 2. The highest BCUT2D eigenvalue weighted by Gasteiger charge is 2.11. The molecule has 0 bridgehead atoms. The second kappa shape index (κ2) is 9.12. The minimum atomic E-state index is -0.161. The van der Waals surface area contributed by atoms with Gasteiger partial charge in [0.25, 0.3) is 5.91 Å². The summed E-state index contributed by atoms with van der Waals surface area (Å²) in [5, 5.41) is 8.63. The molecule has 2 aromatic heterocycles. The van der Waals surface area contributed by atoms with Gasteiger partial charge in [-0.05, 0) is 60.2 Å². The molecule has 0 spiro atoms. The van der Waals surface area contributed by atoms with Crippen LogP contribution in [0, 0.1) is 3.95 Å². The molecule has 5 rings (SSSR count). The molecule has 3 aromatic carbocycles. The lowest BCUT2D eigenvalue weighted by Gasteiger charge is -2.08. The van der Waals surface area contributed by atoms with Crippen LogP contribution >= 0.6 is 35.3 Å². The molecule has 0 unspecified atom stereocenters. The zero-order valence-corrected chi connectivity index (χ0v) is 19.3. The molecule has 0 aliphatic heterocycles. The van der Waals surface area contributed by atoms with Gasteiger partial charge in [-0.25, -0.2) is 4.68 Å². The number of anilines is 1. The summed E-state index contributed by atoms with van der Waals surface area (Å²) >= 11 is 8.67. The summed E-state index contributed by atoms with van der Waals surface area (Å²) in [6.07, 6.45) is 1.86. The first-order valence-corrected chi connectivity index (χ1v) is 12.1. The molecule has 0 atom stereocenters. The molecule has 0 aliphatic carbocycles. The normalized spacial score (nSPS) is 11.0. The molecule has 2 heterocycles. The van der Waals surface area contributed by atoms with E-state index in [9.17, 15) is 4.79 Å². The third-order valence-electron chi connectivity index (χ3n) is 4.95. The number of thioether (sulfide) groups is 1. The number of fused-ring (bicyclic) bond motifs is 1. The number of carbonyl (C=O) groups excluding carboxylic acids is 1. The highest BCUT2D eigenvalue weighted by molar-refractivity contribution is 8.00. The molecule has 5 nitrogen and oxygen atoms in total. The highest BCUT2D eigenvalue weighted by Crippen LogP contribution is 2.27. The third-order valence-corrected chi connectivity index (χ3v) is 7.39. The van der Waals surface area contributed by atoms with E-state index < -0.39 is 0 Å². The zero-order valence-electron chi connectivity index (χ0n) is 16.8. The minimum absolute atomic E-state index is 0.161. The van der Waals surface area contributed by atoms with Crippen molar-refractivity contribution >= 4 is 57.8 Å². The molecule has 8 heteroatoms. The Bertz CT molecular complexity index is 1440. The number of rotatable bonds is 6. The molecule has 158 valence electrons. The van der Waals surface area contributed by atoms with E-state index in [1.807, 2.05) is 60.8 Å². The molecule has 1 amide bonds. The number of aromatic nitrogens is 3.